The van der Waals surface area contributed by atoms with Crippen molar-refractivity contribution in [1.29, 1.82) is 0 Å². The van der Waals surface area contributed by atoms with E-state index in [1.165, 1.54) is 62.5 Å². The normalized spacial score (nSPS) is 14.1. The van der Waals surface area contributed by atoms with E-state index in [0.29, 0.717) is 5.92 Å². The Morgan fingerprint density at radius 3 is 1.79 bits per heavy atom. The molecule has 6 rings (SSSR count). The van der Waals surface area contributed by atoms with Crippen LogP contribution in [0.4, 0.5) is 0 Å². The van der Waals surface area contributed by atoms with Gasteiger partial charge in [-0.1, -0.05) is 101 Å². The summed E-state index contributed by atoms with van der Waals surface area (Å²) in [5, 5.41) is 5.48. The summed E-state index contributed by atoms with van der Waals surface area (Å²) in [7, 11) is 0. The van der Waals surface area contributed by atoms with Gasteiger partial charge in [0.25, 0.3) is 0 Å². The zero-order chi connectivity index (χ0) is 29.6. The maximum absolute atomic E-state index is 4.97. The first kappa shape index (κ1) is 36.8. The zero-order valence-electron chi connectivity index (χ0n) is 26.3. The van der Waals surface area contributed by atoms with Gasteiger partial charge in [0.05, 0.1) is 6.26 Å². The molecular formula is C39H42Cl2OZr-2. The molecule has 43 heavy (non-hydrogen) atoms. The van der Waals surface area contributed by atoms with Crippen molar-refractivity contribution < 1.29 is 53.5 Å². The average Bonchev–Trinajstić information content (AvgIpc) is 3.68. The molecule has 0 aliphatic heterocycles. The monoisotopic (exact) mass is 686 g/mol. The second-order valence-electron chi connectivity index (χ2n) is 12.9. The van der Waals surface area contributed by atoms with E-state index in [9.17, 15) is 0 Å². The molecule has 4 aromatic carbocycles. The van der Waals surface area contributed by atoms with Gasteiger partial charge >= 0.3 is 70.3 Å². The first-order valence-electron chi connectivity index (χ1n) is 14.5. The number of furan rings is 1. The van der Waals surface area contributed by atoms with Crippen molar-refractivity contribution in [3.63, 3.8) is 0 Å². The minimum absolute atomic E-state index is 0. The van der Waals surface area contributed by atoms with Crippen LogP contribution in [0.2, 0.25) is 0 Å². The number of rotatable bonds is 3. The first-order chi connectivity index (χ1) is 19.5. The van der Waals surface area contributed by atoms with E-state index in [-0.39, 0.29) is 35.6 Å². The molecule has 1 unspecified atom stereocenters. The van der Waals surface area contributed by atoms with E-state index in [1.54, 1.807) is 12.5 Å². The van der Waals surface area contributed by atoms with Crippen molar-refractivity contribution in [1.82, 2.24) is 0 Å². The molecular weight excluding hydrogens is 647 g/mol. The third-order valence-corrected chi connectivity index (χ3v) is 7.89. The van der Waals surface area contributed by atoms with Crippen LogP contribution in [-0.2, 0) is 41.5 Å². The van der Waals surface area contributed by atoms with Gasteiger partial charge in [-0.25, -0.2) is 0 Å². The van der Waals surface area contributed by atoms with Gasteiger partial charge in [-0.05, 0) is 10.8 Å². The Hall–Kier alpha value is -2.38. The fraction of sp³-hybridized carbons (Fsp3) is 0.282. The van der Waals surface area contributed by atoms with E-state index < -0.39 is 0 Å². The summed E-state index contributed by atoms with van der Waals surface area (Å²) in [5.41, 5.74) is 6.89. The maximum atomic E-state index is 4.97. The molecule has 0 radical (unpaired) electrons. The molecule has 1 aliphatic rings. The summed E-state index contributed by atoms with van der Waals surface area (Å²) in [6, 6.07) is 28.6. The molecule has 1 heterocycles. The van der Waals surface area contributed by atoms with Crippen LogP contribution in [0.5, 0.6) is 0 Å². The fourth-order valence-electron chi connectivity index (χ4n) is 4.87. The third-order valence-electron chi connectivity index (χ3n) is 7.38. The molecule has 0 saturated heterocycles. The van der Waals surface area contributed by atoms with E-state index in [0.717, 1.165) is 17.6 Å². The topological polar surface area (TPSA) is 13.1 Å². The summed E-state index contributed by atoms with van der Waals surface area (Å²) >= 11 is 1.51. The number of hydrogen-bond acceptors (Lipinski definition) is 1. The molecule has 1 aromatic heterocycles. The molecule has 1 atom stereocenters. The van der Waals surface area contributed by atoms with Crippen molar-refractivity contribution >= 4 is 30.8 Å². The Morgan fingerprint density at radius 1 is 0.814 bits per heavy atom. The van der Waals surface area contributed by atoms with Gasteiger partial charge in [0.15, 0.2) is 0 Å². The molecule has 1 nitrogen and oxygen atoms in total. The quantitative estimate of drug-likeness (QED) is 0.254. The molecule has 0 fully saturated rings. The van der Waals surface area contributed by atoms with Crippen LogP contribution in [0.25, 0.3) is 27.1 Å². The van der Waals surface area contributed by atoms with Crippen LogP contribution in [-0.4, -0.2) is 3.71 Å². The van der Waals surface area contributed by atoms with Crippen LogP contribution in [0.1, 0.15) is 70.7 Å². The van der Waals surface area contributed by atoms with Crippen molar-refractivity contribution in [2.45, 2.75) is 65.7 Å². The van der Waals surface area contributed by atoms with Crippen molar-refractivity contribution in [2.24, 2.45) is 5.92 Å². The number of benzene rings is 3. The minimum atomic E-state index is 0. The van der Waals surface area contributed by atoms with Crippen LogP contribution < -0.4 is 24.8 Å². The van der Waals surface area contributed by atoms with E-state index >= 15 is 0 Å². The summed E-state index contributed by atoms with van der Waals surface area (Å²) in [6.45, 7) is 15.7. The summed E-state index contributed by atoms with van der Waals surface area (Å²) < 4.78 is 7.22. The van der Waals surface area contributed by atoms with Crippen molar-refractivity contribution in [3.05, 3.63) is 132 Å². The molecule has 1 aliphatic carbocycles. The molecule has 4 heteroatoms. The number of hydrogen-bond donors (Lipinski definition) is 0. The SMILES string of the molecule is CC(C)(C)c1ccc2c(c1)[cH-]c1cc(C(C)(C)C)ccc12.CC1[C-]=C(c2ccoc2)C=C1.[Cl-].[Cl-].[Zr+2]=[CH]Cc1ccccc1. The molecule has 0 bridgehead atoms. The number of fused-ring (bicyclic) bond motifs is 3. The van der Waals surface area contributed by atoms with Gasteiger partial charge in [0.2, 0.25) is 0 Å². The first-order valence-corrected chi connectivity index (χ1v) is 15.9. The number of halogens is 2. The van der Waals surface area contributed by atoms with Crippen LogP contribution in [0.15, 0.2) is 108 Å². The summed E-state index contributed by atoms with van der Waals surface area (Å²) in [6.07, 6.45) is 12.1. The van der Waals surface area contributed by atoms with E-state index in [4.69, 9.17) is 4.42 Å². The fourth-order valence-corrected chi connectivity index (χ4v) is 5.45. The van der Waals surface area contributed by atoms with Gasteiger partial charge in [-0.3, -0.25) is 0 Å². The molecule has 0 N–H and O–H groups in total. The number of allylic oxidation sites excluding steroid dienone is 4. The summed E-state index contributed by atoms with van der Waals surface area (Å²) in [5.74, 6) is 0.444. The van der Waals surface area contributed by atoms with Gasteiger partial charge < -0.3 is 29.2 Å². The van der Waals surface area contributed by atoms with Gasteiger partial charge in [-0.2, -0.15) is 17.7 Å². The Kier molecular flexibility index (Phi) is 13.8. The van der Waals surface area contributed by atoms with Crippen LogP contribution >= 0.6 is 0 Å². The molecule has 224 valence electrons. The van der Waals surface area contributed by atoms with Crippen molar-refractivity contribution in [2.75, 3.05) is 0 Å². The van der Waals surface area contributed by atoms with Crippen LogP contribution in [0, 0.1) is 12.0 Å². The zero-order valence-corrected chi connectivity index (χ0v) is 30.3. The Bertz CT molecular complexity index is 1570. The molecule has 5 aromatic rings. The van der Waals surface area contributed by atoms with Crippen molar-refractivity contribution in [3.8, 4) is 0 Å². The molecule has 0 spiro atoms. The second kappa shape index (κ2) is 16.1. The Balaban J connectivity index is 0.000000247. The predicted octanol–water partition coefficient (Wildman–Crippen LogP) is 4.57. The summed E-state index contributed by atoms with van der Waals surface area (Å²) in [4.78, 5) is 0. The van der Waals surface area contributed by atoms with Crippen LogP contribution in [0.3, 0.4) is 0 Å². The van der Waals surface area contributed by atoms with Gasteiger partial charge in [0, 0.05) is 6.26 Å². The Morgan fingerprint density at radius 2 is 1.37 bits per heavy atom. The standard InChI is InChI=1S/C21H25.C10H9O.C8H8.2ClH.Zr/c1-20(2,3)16-7-9-18-14(12-16)11-15-13-17(21(4,5)6)8-10-19(15)18;1-8-2-3-9(6-8)10-4-5-11-7-10;1-2-8-6-4-3-5-7-8;;;/h7-13H,1-6H3;2-5,7-8H,1H3;1,3-7H,2H2;2*1H;/q2*-1;;;;+2/p-2. The predicted molar refractivity (Wildman–Crippen MR) is 174 cm³/mol. The van der Waals surface area contributed by atoms with E-state index in [1.807, 2.05) is 12.1 Å². The molecule has 0 amide bonds. The Labute approximate surface area is 286 Å². The average molecular weight is 689 g/mol. The second-order valence-corrected chi connectivity index (χ2v) is 13.9. The molecule has 0 saturated carbocycles. The van der Waals surface area contributed by atoms with Gasteiger partial charge in [0.1, 0.15) is 0 Å². The van der Waals surface area contributed by atoms with Gasteiger partial charge in [-0.15, -0.1) is 45.8 Å². The van der Waals surface area contributed by atoms with E-state index in [2.05, 4.69) is 137 Å². The third kappa shape index (κ3) is 10.1.